The minimum Gasteiger partial charge on any atom is -0.369 e. The molecule has 86 valence electrons. The number of hydrogen-bond acceptors (Lipinski definition) is 3. The van der Waals surface area contributed by atoms with E-state index in [0.717, 1.165) is 23.5 Å². The molecular weight excluding hydrogens is 214 g/mol. The molecule has 1 aromatic carbocycles. The molecule has 0 saturated carbocycles. The third-order valence-corrected chi connectivity index (χ3v) is 3.07. The summed E-state index contributed by atoms with van der Waals surface area (Å²) in [6.45, 7) is 2.81. The van der Waals surface area contributed by atoms with Gasteiger partial charge in [-0.05, 0) is 0 Å². The number of aromatic nitrogens is 2. The number of rotatable bonds is 1. The molecule has 3 rings (SSSR count). The molecule has 4 heteroatoms. The second kappa shape index (κ2) is 3.73. The number of benzene rings is 1. The fourth-order valence-corrected chi connectivity index (χ4v) is 2.16. The van der Waals surface area contributed by atoms with Gasteiger partial charge in [0.15, 0.2) is 0 Å². The van der Waals surface area contributed by atoms with E-state index in [2.05, 4.69) is 15.3 Å². The zero-order chi connectivity index (χ0) is 11.8. The van der Waals surface area contributed by atoms with Crippen molar-refractivity contribution in [1.82, 2.24) is 9.97 Å². The Hall–Kier alpha value is -2.10. The van der Waals surface area contributed by atoms with Crippen molar-refractivity contribution in [3.63, 3.8) is 0 Å². The third kappa shape index (κ3) is 1.62. The topological polar surface area (TPSA) is 57.8 Å². The molecule has 2 heterocycles. The summed E-state index contributed by atoms with van der Waals surface area (Å²) in [4.78, 5) is 19.3. The molecule has 0 bridgehead atoms. The summed E-state index contributed by atoms with van der Waals surface area (Å²) in [7, 11) is 0. The molecule has 0 fully saturated rings. The van der Waals surface area contributed by atoms with Gasteiger partial charge in [0.05, 0.1) is 5.56 Å². The lowest BCUT2D eigenvalue weighted by atomic mass is 10.1. The summed E-state index contributed by atoms with van der Waals surface area (Å²) in [6, 6.07) is 9.67. The van der Waals surface area contributed by atoms with Gasteiger partial charge in [-0.15, -0.1) is 0 Å². The Morgan fingerprint density at radius 3 is 2.82 bits per heavy atom. The van der Waals surface area contributed by atoms with Gasteiger partial charge in [0, 0.05) is 18.0 Å². The van der Waals surface area contributed by atoms with Crippen molar-refractivity contribution >= 4 is 5.82 Å². The molecule has 0 aliphatic carbocycles. The first-order valence-corrected chi connectivity index (χ1v) is 5.69. The van der Waals surface area contributed by atoms with E-state index in [9.17, 15) is 4.79 Å². The maximum absolute atomic E-state index is 12.0. The van der Waals surface area contributed by atoms with Crippen molar-refractivity contribution in [2.45, 2.75) is 12.8 Å². The third-order valence-electron chi connectivity index (χ3n) is 3.07. The molecule has 0 saturated heterocycles. The number of H-pyrrole nitrogens is 1. The predicted octanol–water partition coefficient (Wildman–Crippen LogP) is 1.97. The highest BCUT2D eigenvalue weighted by molar-refractivity contribution is 5.60. The van der Waals surface area contributed by atoms with Crippen LogP contribution in [-0.2, 0) is 0 Å². The van der Waals surface area contributed by atoms with Crippen molar-refractivity contribution in [3.05, 3.63) is 46.2 Å². The molecule has 4 nitrogen and oxygen atoms in total. The van der Waals surface area contributed by atoms with Crippen LogP contribution in [0.2, 0.25) is 0 Å². The summed E-state index contributed by atoms with van der Waals surface area (Å²) < 4.78 is 0. The number of nitrogens with one attached hydrogen (secondary N) is 2. The van der Waals surface area contributed by atoms with Gasteiger partial charge < -0.3 is 10.3 Å². The van der Waals surface area contributed by atoms with Crippen molar-refractivity contribution in [2.75, 3.05) is 11.9 Å². The molecule has 2 N–H and O–H groups in total. The van der Waals surface area contributed by atoms with E-state index < -0.39 is 0 Å². The van der Waals surface area contributed by atoms with Gasteiger partial charge in [-0.25, -0.2) is 4.98 Å². The lowest BCUT2D eigenvalue weighted by Gasteiger charge is -2.04. The van der Waals surface area contributed by atoms with Gasteiger partial charge in [0.2, 0.25) is 0 Å². The summed E-state index contributed by atoms with van der Waals surface area (Å²) in [5, 5.41) is 3.17. The van der Waals surface area contributed by atoms with E-state index in [4.69, 9.17) is 0 Å². The molecule has 1 unspecified atom stereocenters. The lowest BCUT2D eigenvalue weighted by Crippen LogP contribution is -2.15. The highest BCUT2D eigenvalue weighted by atomic mass is 16.1. The maximum Gasteiger partial charge on any atom is 0.256 e. The van der Waals surface area contributed by atoms with Gasteiger partial charge in [-0.3, -0.25) is 4.79 Å². The quantitative estimate of drug-likeness (QED) is 0.783. The SMILES string of the molecule is CC1CNc2nc(-c3ccccc3)[nH]c(=O)c21. The van der Waals surface area contributed by atoms with Crippen molar-refractivity contribution in [2.24, 2.45) is 0 Å². The Morgan fingerprint density at radius 2 is 2.06 bits per heavy atom. The number of anilines is 1. The molecule has 1 aliphatic rings. The first-order chi connectivity index (χ1) is 8.25. The van der Waals surface area contributed by atoms with E-state index in [-0.39, 0.29) is 11.5 Å². The molecule has 1 aliphatic heterocycles. The maximum atomic E-state index is 12.0. The minimum absolute atomic E-state index is 0.0358. The van der Waals surface area contributed by atoms with Crippen LogP contribution in [0.4, 0.5) is 5.82 Å². The molecule has 1 aromatic heterocycles. The number of nitrogens with zero attached hydrogens (tertiary/aromatic N) is 1. The minimum atomic E-state index is -0.0358. The second-order valence-corrected chi connectivity index (χ2v) is 4.32. The van der Waals surface area contributed by atoms with Crippen LogP contribution in [0.15, 0.2) is 35.1 Å². The summed E-state index contributed by atoms with van der Waals surface area (Å²) in [5.74, 6) is 1.57. The van der Waals surface area contributed by atoms with Gasteiger partial charge >= 0.3 is 0 Å². The molecule has 1 atom stereocenters. The number of fused-ring (bicyclic) bond motifs is 1. The number of aromatic amines is 1. The Balaban J connectivity index is 2.17. The van der Waals surface area contributed by atoms with Gasteiger partial charge in [0.1, 0.15) is 11.6 Å². The normalized spacial score (nSPS) is 17.6. The van der Waals surface area contributed by atoms with Crippen LogP contribution >= 0.6 is 0 Å². The van der Waals surface area contributed by atoms with E-state index in [1.54, 1.807) is 0 Å². The predicted molar refractivity (Wildman–Crippen MR) is 67.2 cm³/mol. The van der Waals surface area contributed by atoms with Crippen LogP contribution in [0.1, 0.15) is 18.4 Å². The van der Waals surface area contributed by atoms with Crippen LogP contribution in [-0.4, -0.2) is 16.5 Å². The number of hydrogen-bond donors (Lipinski definition) is 2. The Labute approximate surface area is 98.7 Å². The molecule has 17 heavy (non-hydrogen) atoms. The molecular formula is C13H13N3O. The zero-order valence-electron chi connectivity index (χ0n) is 9.53. The average molecular weight is 227 g/mol. The first-order valence-electron chi connectivity index (χ1n) is 5.69. The smallest absolute Gasteiger partial charge is 0.256 e. The molecule has 2 aromatic rings. The highest BCUT2D eigenvalue weighted by Crippen LogP contribution is 2.27. The second-order valence-electron chi connectivity index (χ2n) is 4.32. The monoisotopic (exact) mass is 227 g/mol. The van der Waals surface area contributed by atoms with E-state index in [0.29, 0.717) is 5.82 Å². The van der Waals surface area contributed by atoms with Crippen LogP contribution in [0.25, 0.3) is 11.4 Å². The van der Waals surface area contributed by atoms with Gasteiger partial charge in [0.25, 0.3) is 5.56 Å². The summed E-state index contributed by atoms with van der Waals surface area (Å²) >= 11 is 0. The molecule has 0 radical (unpaired) electrons. The van der Waals surface area contributed by atoms with Crippen LogP contribution in [0.5, 0.6) is 0 Å². The van der Waals surface area contributed by atoms with E-state index in [1.165, 1.54) is 0 Å². The molecule has 0 spiro atoms. The fraction of sp³-hybridized carbons (Fsp3) is 0.231. The summed E-state index contributed by atoms with van der Waals surface area (Å²) in [5.41, 5.74) is 1.66. The van der Waals surface area contributed by atoms with Crippen LogP contribution in [0, 0.1) is 0 Å². The Kier molecular flexibility index (Phi) is 2.21. The van der Waals surface area contributed by atoms with E-state index in [1.807, 2.05) is 37.3 Å². The zero-order valence-corrected chi connectivity index (χ0v) is 9.53. The van der Waals surface area contributed by atoms with Gasteiger partial charge in [-0.1, -0.05) is 37.3 Å². The largest absolute Gasteiger partial charge is 0.369 e. The van der Waals surface area contributed by atoms with Crippen molar-refractivity contribution in [1.29, 1.82) is 0 Å². The van der Waals surface area contributed by atoms with Crippen LogP contribution in [0.3, 0.4) is 0 Å². The van der Waals surface area contributed by atoms with E-state index >= 15 is 0 Å². The average Bonchev–Trinajstić information content (AvgIpc) is 2.73. The van der Waals surface area contributed by atoms with Gasteiger partial charge in [-0.2, -0.15) is 0 Å². The fourth-order valence-electron chi connectivity index (χ4n) is 2.16. The summed E-state index contributed by atoms with van der Waals surface area (Å²) in [6.07, 6.45) is 0. The van der Waals surface area contributed by atoms with Crippen molar-refractivity contribution in [3.8, 4) is 11.4 Å². The standard InChI is InChI=1S/C13H13N3O/c1-8-7-14-12-10(8)13(17)16-11(15-12)9-5-3-2-4-6-9/h2-6,8H,7H2,1H3,(H2,14,15,16,17). The highest BCUT2D eigenvalue weighted by Gasteiger charge is 2.23. The Morgan fingerprint density at radius 1 is 1.29 bits per heavy atom. The first kappa shape index (κ1) is 10.1. The van der Waals surface area contributed by atoms with Crippen molar-refractivity contribution < 1.29 is 0 Å². The molecule has 0 amide bonds. The van der Waals surface area contributed by atoms with Crippen LogP contribution < -0.4 is 10.9 Å². The Bertz CT molecular complexity index is 604. The lowest BCUT2D eigenvalue weighted by molar-refractivity contribution is 0.838.